The molecule has 0 aliphatic carbocycles. The number of hydrogen-bond donors (Lipinski definition) is 1. The van der Waals surface area contributed by atoms with Gasteiger partial charge in [0.1, 0.15) is 5.69 Å². The molecule has 1 fully saturated rings. The molecule has 0 unspecified atom stereocenters. The van der Waals surface area contributed by atoms with Gasteiger partial charge in [0, 0.05) is 25.0 Å². The van der Waals surface area contributed by atoms with Gasteiger partial charge in [0.25, 0.3) is 5.91 Å². The molecule has 1 aliphatic heterocycles. The maximum absolute atomic E-state index is 12.9. The highest BCUT2D eigenvalue weighted by Crippen LogP contribution is 2.28. The van der Waals surface area contributed by atoms with Crippen LogP contribution in [0.2, 0.25) is 0 Å². The lowest BCUT2D eigenvalue weighted by atomic mass is 10.2. The molecule has 1 amide bonds. The monoisotopic (exact) mass is 427 g/mol. The topological polar surface area (TPSA) is 79.4 Å². The molecule has 1 N–H and O–H groups in total. The number of carbonyl (C=O) groups excluding carboxylic acids is 1. The molecule has 0 saturated carbocycles. The fourth-order valence-electron chi connectivity index (χ4n) is 3.10. The van der Waals surface area contributed by atoms with Crippen LogP contribution in [-0.4, -0.2) is 36.7 Å². The molecule has 2 aromatic rings. The third-order valence-corrected chi connectivity index (χ3v) is 6.74. The summed E-state index contributed by atoms with van der Waals surface area (Å²) in [5.74, 6) is -0.684. The average Bonchev–Trinajstić information content (AvgIpc) is 2.69. The number of aryl methyl sites for hydroxylation is 1. The van der Waals surface area contributed by atoms with Gasteiger partial charge in [-0.25, -0.2) is 8.42 Å². The predicted octanol–water partition coefficient (Wildman–Crippen LogP) is 3.84. The number of rotatable bonds is 4. The Hall–Kier alpha value is -2.46. The van der Waals surface area contributed by atoms with Crippen LogP contribution in [0.4, 0.5) is 18.9 Å². The number of aromatic nitrogens is 1. The minimum Gasteiger partial charge on any atom is -0.322 e. The van der Waals surface area contributed by atoms with Crippen LogP contribution in [0.15, 0.2) is 41.4 Å². The van der Waals surface area contributed by atoms with Crippen molar-refractivity contribution in [2.45, 2.75) is 37.3 Å². The first-order valence-electron chi connectivity index (χ1n) is 9.04. The molecule has 0 atom stereocenters. The number of piperidine rings is 1. The summed E-state index contributed by atoms with van der Waals surface area (Å²) in [6.45, 7) is 2.58. The van der Waals surface area contributed by atoms with Crippen molar-refractivity contribution >= 4 is 21.6 Å². The summed E-state index contributed by atoms with van der Waals surface area (Å²) in [7, 11) is -3.69. The van der Waals surface area contributed by atoms with Crippen LogP contribution in [0.1, 0.15) is 40.9 Å². The van der Waals surface area contributed by atoms with Crippen molar-refractivity contribution in [1.29, 1.82) is 0 Å². The Morgan fingerprint density at radius 1 is 1.10 bits per heavy atom. The second kappa shape index (κ2) is 8.11. The van der Waals surface area contributed by atoms with Crippen molar-refractivity contribution in [2.75, 3.05) is 18.4 Å². The fourth-order valence-corrected chi connectivity index (χ4v) is 4.87. The number of pyridine rings is 1. The van der Waals surface area contributed by atoms with Crippen molar-refractivity contribution in [3.8, 4) is 0 Å². The molecule has 1 aromatic heterocycles. The summed E-state index contributed by atoms with van der Waals surface area (Å²) in [4.78, 5) is 15.7. The van der Waals surface area contributed by atoms with Crippen LogP contribution in [0.25, 0.3) is 0 Å². The number of alkyl halides is 3. The zero-order valence-electron chi connectivity index (χ0n) is 15.7. The molecular formula is C19H20F3N3O3S. The van der Waals surface area contributed by atoms with E-state index in [-0.39, 0.29) is 16.1 Å². The van der Waals surface area contributed by atoms with Crippen LogP contribution < -0.4 is 5.32 Å². The van der Waals surface area contributed by atoms with Crippen LogP contribution in [-0.2, 0) is 16.2 Å². The SMILES string of the molecule is Cc1ccc(NC(=O)c2ccc(C(F)(F)F)nc2)cc1S(=O)(=O)N1CCCCC1. The summed E-state index contributed by atoms with van der Waals surface area (Å²) in [5, 5.41) is 2.52. The first kappa shape index (κ1) is 21.3. The summed E-state index contributed by atoms with van der Waals surface area (Å²) >= 11 is 0. The largest absolute Gasteiger partial charge is 0.433 e. The van der Waals surface area contributed by atoms with Gasteiger partial charge in [-0.1, -0.05) is 12.5 Å². The molecule has 156 valence electrons. The maximum atomic E-state index is 12.9. The van der Waals surface area contributed by atoms with E-state index in [0.717, 1.165) is 37.6 Å². The van der Waals surface area contributed by atoms with Crippen LogP contribution in [0.5, 0.6) is 0 Å². The van der Waals surface area contributed by atoms with E-state index in [2.05, 4.69) is 10.3 Å². The van der Waals surface area contributed by atoms with E-state index in [4.69, 9.17) is 0 Å². The third kappa shape index (κ3) is 4.76. The molecular weight excluding hydrogens is 407 g/mol. The van der Waals surface area contributed by atoms with Crippen molar-refractivity contribution in [1.82, 2.24) is 9.29 Å². The Kier molecular flexibility index (Phi) is 5.95. The highest BCUT2D eigenvalue weighted by atomic mass is 32.2. The molecule has 29 heavy (non-hydrogen) atoms. The molecule has 1 aromatic carbocycles. The quantitative estimate of drug-likeness (QED) is 0.804. The number of anilines is 1. The van der Waals surface area contributed by atoms with Gasteiger partial charge in [0.15, 0.2) is 0 Å². The second-order valence-corrected chi connectivity index (χ2v) is 8.74. The number of nitrogens with one attached hydrogen (secondary N) is 1. The van der Waals surface area contributed by atoms with Gasteiger partial charge in [-0.2, -0.15) is 17.5 Å². The van der Waals surface area contributed by atoms with Crippen molar-refractivity contribution in [3.63, 3.8) is 0 Å². The molecule has 0 radical (unpaired) electrons. The van der Waals surface area contributed by atoms with E-state index in [1.54, 1.807) is 19.1 Å². The summed E-state index contributed by atoms with van der Waals surface area (Å²) in [5.41, 5.74) is -0.390. The first-order valence-corrected chi connectivity index (χ1v) is 10.5. The Morgan fingerprint density at radius 2 is 1.79 bits per heavy atom. The molecule has 0 spiro atoms. The minimum absolute atomic E-state index is 0.0704. The van der Waals surface area contributed by atoms with E-state index in [0.29, 0.717) is 18.7 Å². The van der Waals surface area contributed by atoms with Gasteiger partial charge in [0.05, 0.1) is 10.5 Å². The number of halogens is 3. The van der Waals surface area contributed by atoms with Gasteiger partial charge in [-0.3, -0.25) is 9.78 Å². The van der Waals surface area contributed by atoms with Gasteiger partial charge < -0.3 is 5.32 Å². The number of nitrogens with zero attached hydrogens (tertiary/aromatic N) is 2. The smallest absolute Gasteiger partial charge is 0.322 e. The molecule has 1 saturated heterocycles. The van der Waals surface area contributed by atoms with Crippen molar-refractivity contribution < 1.29 is 26.4 Å². The summed E-state index contributed by atoms with van der Waals surface area (Å²) < 4.78 is 65.1. The Bertz CT molecular complexity index is 1000. The second-order valence-electron chi connectivity index (χ2n) is 6.83. The number of benzene rings is 1. The Labute approximate surface area is 166 Å². The lowest BCUT2D eigenvalue weighted by Crippen LogP contribution is -2.36. The number of carbonyl (C=O) groups is 1. The van der Waals surface area contributed by atoms with E-state index < -0.39 is 27.8 Å². The zero-order chi connectivity index (χ0) is 21.2. The van der Waals surface area contributed by atoms with E-state index >= 15 is 0 Å². The standard InChI is InChI=1S/C19H20F3N3O3S/c1-13-5-7-15(11-16(13)29(27,28)25-9-3-2-4-10-25)24-18(26)14-6-8-17(23-12-14)19(20,21)22/h5-8,11-12H,2-4,9-10H2,1H3,(H,24,26). The molecule has 2 heterocycles. The van der Waals surface area contributed by atoms with Gasteiger partial charge >= 0.3 is 6.18 Å². The van der Waals surface area contributed by atoms with E-state index in [1.807, 2.05) is 0 Å². The molecule has 0 bridgehead atoms. The van der Waals surface area contributed by atoms with Gasteiger partial charge in [-0.15, -0.1) is 0 Å². The number of sulfonamides is 1. The fraction of sp³-hybridized carbons (Fsp3) is 0.368. The van der Waals surface area contributed by atoms with Crippen LogP contribution in [0, 0.1) is 6.92 Å². The number of hydrogen-bond acceptors (Lipinski definition) is 4. The van der Waals surface area contributed by atoms with Crippen LogP contribution in [0.3, 0.4) is 0 Å². The van der Waals surface area contributed by atoms with Crippen molar-refractivity contribution in [3.05, 3.63) is 53.3 Å². The normalized spacial score (nSPS) is 15.9. The highest BCUT2D eigenvalue weighted by molar-refractivity contribution is 7.89. The molecule has 3 rings (SSSR count). The minimum atomic E-state index is -4.59. The van der Waals surface area contributed by atoms with Crippen molar-refractivity contribution in [2.24, 2.45) is 0 Å². The average molecular weight is 427 g/mol. The maximum Gasteiger partial charge on any atom is 0.433 e. The van der Waals surface area contributed by atoms with E-state index in [9.17, 15) is 26.4 Å². The predicted molar refractivity (Wildman–Crippen MR) is 101 cm³/mol. The Balaban J connectivity index is 1.81. The molecule has 1 aliphatic rings. The molecule has 10 heteroatoms. The summed E-state index contributed by atoms with van der Waals surface area (Å²) in [6, 6.07) is 6.23. The lowest BCUT2D eigenvalue weighted by Gasteiger charge is -2.26. The third-order valence-electron chi connectivity index (χ3n) is 4.69. The van der Waals surface area contributed by atoms with Gasteiger partial charge in [0.2, 0.25) is 10.0 Å². The Morgan fingerprint density at radius 3 is 2.38 bits per heavy atom. The number of amides is 1. The first-order chi connectivity index (χ1) is 13.6. The van der Waals surface area contributed by atoms with Gasteiger partial charge in [-0.05, 0) is 49.6 Å². The highest BCUT2D eigenvalue weighted by Gasteiger charge is 2.32. The van der Waals surface area contributed by atoms with E-state index in [1.165, 1.54) is 10.4 Å². The summed E-state index contributed by atoms with van der Waals surface area (Å²) in [6.07, 6.45) is -1.17. The van der Waals surface area contributed by atoms with Crippen LogP contribution >= 0.6 is 0 Å². The molecule has 6 nitrogen and oxygen atoms in total. The zero-order valence-corrected chi connectivity index (χ0v) is 16.5. The lowest BCUT2D eigenvalue weighted by molar-refractivity contribution is -0.141.